The van der Waals surface area contributed by atoms with Crippen LogP contribution in [0.25, 0.3) is 11.2 Å². The van der Waals surface area contributed by atoms with Gasteiger partial charge in [0.15, 0.2) is 23.2 Å². The zero-order valence-corrected chi connectivity index (χ0v) is 15.2. The molecule has 2 aliphatic rings. The topological polar surface area (TPSA) is 100 Å². The minimum absolute atomic E-state index is 0.254. The van der Waals surface area contributed by atoms with Crippen molar-refractivity contribution in [1.82, 2.24) is 19.5 Å². The van der Waals surface area contributed by atoms with Crippen LogP contribution in [0, 0.1) is 0 Å². The number of hydrogen-bond donors (Lipinski definition) is 1. The van der Waals surface area contributed by atoms with Crippen molar-refractivity contribution < 1.29 is 18.9 Å². The van der Waals surface area contributed by atoms with Gasteiger partial charge in [-0.1, -0.05) is 13.3 Å². The second-order valence-corrected chi connectivity index (χ2v) is 7.11. The van der Waals surface area contributed by atoms with Gasteiger partial charge < -0.3 is 23.9 Å². The summed E-state index contributed by atoms with van der Waals surface area (Å²) >= 11 is 0. The van der Waals surface area contributed by atoms with Gasteiger partial charge in [-0.2, -0.15) is 0 Å². The number of nitrogens with one attached hydrogen (secondary N) is 1. The van der Waals surface area contributed by atoms with Crippen molar-refractivity contribution in [2.45, 2.75) is 63.9 Å². The number of ether oxygens (including phenoxy) is 4. The van der Waals surface area contributed by atoms with Crippen LogP contribution in [-0.4, -0.2) is 56.8 Å². The lowest BCUT2D eigenvalue weighted by molar-refractivity contribution is -0.201. The number of fused-ring (bicyclic) bond motifs is 2. The summed E-state index contributed by atoms with van der Waals surface area (Å²) in [5, 5.41) is 0. The number of unbranched alkanes of at least 4 members (excludes halogenated alkanes) is 1. The van der Waals surface area contributed by atoms with Gasteiger partial charge in [0.05, 0.1) is 19.3 Å². The molecule has 4 heterocycles. The predicted octanol–water partition coefficient (Wildman–Crippen LogP) is 1.35. The molecule has 2 aliphatic heterocycles. The third-order valence-electron chi connectivity index (χ3n) is 4.69. The van der Waals surface area contributed by atoms with Crippen LogP contribution in [0.2, 0.25) is 0 Å². The summed E-state index contributed by atoms with van der Waals surface area (Å²) in [6, 6.07) is 0. The van der Waals surface area contributed by atoms with Crippen LogP contribution in [0.4, 0.5) is 0 Å². The monoisotopic (exact) mass is 364 g/mol. The van der Waals surface area contributed by atoms with Crippen LogP contribution < -0.4 is 5.56 Å². The molecule has 0 saturated carbocycles. The van der Waals surface area contributed by atoms with Crippen molar-refractivity contribution in [2.75, 3.05) is 13.2 Å². The standard InChI is InChI=1S/C17H24N4O5/c1-4-5-6-23-7-10-12-13(26-17(2,3)25-12)16(24-10)21-9-20-11-14(21)18-8-19-15(11)22/h8-10,12-13,16H,4-7H2,1-3H3,(H,18,19,22)/t10-,12-,13-,16-/m1/s1. The maximum absolute atomic E-state index is 11.9. The molecule has 4 rings (SSSR count). The first kappa shape index (κ1) is 17.6. The van der Waals surface area contributed by atoms with Crippen molar-refractivity contribution in [1.29, 1.82) is 0 Å². The molecule has 0 aliphatic carbocycles. The Hall–Kier alpha value is -1.81. The molecule has 0 spiro atoms. The van der Waals surface area contributed by atoms with Crippen molar-refractivity contribution in [2.24, 2.45) is 0 Å². The van der Waals surface area contributed by atoms with Gasteiger partial charge in [0.1, 0.15) is 18.3 Å². The van der Waals surface area contributed by atoms with Gasteiger partial charge >= 0.3 is 0 Å². The molecule has 4 atom stereocenters. The summed E-state index contributed by atoms with van der Waals surface area (Å²) in [4.78, 5) is 22.9. The van der Waals surface area contributed by atoms with E-state index in [-0.39, 0.29) is 29.4 Å². The molecule has 9 nitrogen and oxygen atoms in total. The van der Waals surface area contributed by atoms with E-state index in [9.17, 15) is 4.79 Å². The van der Waals surface area contributed by atoms with Crippen LogP contribution in [-0.2, 0) is 18.9 Å². The van der Waals surface area contributed by atoms with E-state index in [1.165, 1.54) is 6.33 Å². The van der Waals surface area contributed by atoms with E-state index in [1.54, 1.807) is 10.9 Å². The Morgan fingerprint density at radius 3 is 2.92 bits per heavy atom. The SMILES string of the molecule is CCCCOC[C@H]1O[C@@H](n2cnc3c(=O)[nH]cnc32)[C@@H]2OC(C)(C)O[C@@H]21. The maximum atomic E-state index is 11.9. The van der Waals surface area contributed by atoms with Crippen LogP contribution in [0.3, 0.4) is 0 Å². The lowest BCUT2D eigenvalue weighted by Gasteiger charge is -2.24. The average molecular weight is 364 g/mol. The predicted molar refractivity (Wildman–Crippen MR) is 91.6 cm³/mol. The second kappa shape index (κ2) is 6.73. The van der Waals surface area contributed by atoms with E-state index in [2.05, 4.69) is 21.9 Å². The van der Waals surface area contributed by atoms with Crippen LogP contribution >= 0.6 is 0 Å². The summed E-state index contributed by atoms with van der Waals surface area (Å²) in [6.07, 6.45) is 3.67. The van der Waals surface area contributed by atoms with E-state index < -0.39 is 12.0 Å². The van der Waals surface area contributed by atoms with Gasteiger partial charge in [-0.15, -0.1) is 0 Å². The fourth-order valence-corrected chi connectivity index (χ4v) is 3.51. The number of rotatable bonds is 6. The highest BCUT2D eigenvalue weighted by Gasteiger charge is 2.56. The quantitative estimate of drug-likeness (QED) is 0.772. The summed E-state index contributed by atoms with van der Waals surface area (Å²) in [7, 11) is 0. The van der Waals surface area contributed by atoms with Gasteiger partial charge in [-0.25, -0.2) is 9.97 Å². The molecule has 26 heavy (non-hydrogen) atoms. The van der Waals surface area contributed by atoms with Crippen molar-refractivity contribution in [3.8, 4) is 0 Å². The Morgan fingerprint density at radius 2 is 2.12 bits per heavy atom. The molecule has 1 N–H and O–H groups in total. The number of aromatic nitrogens is 4. The van der Waals surface area contributed by atoms with E-state index >= 15 is 0 Å². The summed E-state index contributed by atoms with van der Waals surface area (Å²) < 4.78 is 25.8. The third kappa shape index (κ3) is 3.05. The zero-order chi connectivity index (χ0) is 18.3. The maximum Gasteiger partial charge on any atom is 0.278 e. The van der Waals surface area contributed by atoms with E-state index in [1.807, 2.05) is 13.8 Å². The van der Waals surface area contributed by atoms with Crippen molar-refractivity contribution in [3.05, 3.63) is 23.0 Å². The van der Waals surface area contributed by atoms with Gasteiger partial charge in [-0.05, 0) is 20.3 Å². The first-order valence-electron chi connectivity index (χ1n) is 8.99. The molecule has 2 saturated heterocycles. The Morgan fingerprint density at radius 1 is 1.31 bits per heavy atom. The average Bonchev–Trinajstić information content (AvgIpc) is 3.24. The molecule has 0 amide bonds. The number of imidazole rings is 1. The molecular weight excluding hydrogens is 340 g/mol. The fourth-order valence-electron chi connectivity index (χ4n) is 3.51. The van der Waals surface area contributed by atoms with Crippen LogP contribution in [0.15, 0.2) is 17.4 Å². The highest BCUT2D eigenvalue weighted by Crippen LogP contribution is 2.43. The Bertz CT molecular complexity index is 832. The molecule has 2 aromatic rings. The Kier molecular flexibility index (Phi) is 4.55. The molecule has 2 fully saturated rings. The number of hydrogen-bond acceptors (Lipinski definition) is 7. The summed E-state index contributed by atoms with van der Waals surface area (Å²) in [6.45, 7) is 7.00. The molecule has 9 heteroatoms. The van der Waals surface area contributed by atoms with E-state index in [0.717, 1.165) is 12.8 Å². The normalized spacial score (nSPS) is 30.1. The van der Waals surface area contributed by atoms with Gasteiger partial charge in [-0.3, -0.25) is 9.36 Å². The van der Waals surface area contributed by atoms with Gasteiger partial charge in [0, 0.05) is 6.61 Å². The highest BCUT2D eigenvalue weighted by molar-refractivity contribution is 5.68. The molecular formula is C17H24N4O5. The highest BCUT2D eigenvalue weighted by atomic mass is 16.8. The number of nitrogens with zero attached hydrogens (tertiary/aromatic N) is 3. The number of aromatic amines is 1. The summed E-state index contributed by atoms with van der Waals surface area (Å²) in [5.41, 5.74) is 0.443. The molecule has 0 unspecified atom stereocenters. The molecule has 2 aromatic heterocycles. The summed E-state index contributed by atoms with van der Waals surface area (Å²) in [5.74, 6) is -0.708. The minimum Gasteiger partial charge on any atom is -0.379 e. The Balaban J connectivity index is 1.61. The van der Waals surface area contributed by atoms with Gasteiger partial charge in [0.25, 0.3) is 5.56 Å². The van der Waals surface area contributed by atoms with Crippen LogP contribution in [0.5, 0.6) is 0 Å². The first-order chi connectivity index (χ1) is 12.5. The van der Waals surface area contributed by atoms with E-state index in [4.69, 9.17) is 18.9 Å². The van der Waals surface area contributed by atoms with Gasteiger partial charge in [0.2, 0.25) is 0 Å². The van der Waals surface area contributed by atoms with Crippen molar-refractivity contribution >= 4 is 11.2 Å². The molecule has 0 radical (unpaired) electrons. The largest absolute Gasteiger partial charge is 0.379 e. The third-order valence-corrected chi connectivity index (χ3v) is 4.69. The lowest BCUT2D eigenvalue weighted by atomic mass is 10.1. The smallest absolute Gasteiger partial charge is 0.278 e. The molecule has 142 valence electrons. The number of H-pyrrole nitrogens is 1. The fraction of sp³-hybridized carbons (Fsp3) is 0.706. The zero-order valence-electron chi connectivity index (χ0n) is 15.2. The van der Waals surface area contributed by atoms with Crippen LogP contribution in [0.1, 0.15) is 39.8 Å². The lowest BCUT2D eigenvalue weighted by Crippen LogP contribution is -2.33. The minimum atomic E-state index is -0.708. The van der Waals surface area contributed by atoms with Crippen molar-refractivity contribution in [3.63, 3.8) is 0 Å². The first-order valence-corrected chi connectivity index (χ1v) is 8.99. The Labute approximate surface area is 150 Å². The van der Waals surface area contributed by atoms with E-state index in [0.29, 0.717) is 18.9 Å². The molecule has 0 aromatic carbocycles. The molecule has 0 bridgehead atoms. The second-order valence-electron chi connectivity index (χ2n) is 7.11.